The maximum atomic E-state index is 10.1. The predicted octanol–water partition coefficient (Wildman–Crippen LogP) is 2.53. The van der Waals surface area contributed by atoms with E-state index in [1.165, 1.54) is 11.1 Å². The maximum Gasteiger partial charge on any atom is 0.0927 e. The van der Waals surface area contributed by atoms with Gasteiger partial charge in [-0.2, -0.15) is 0 Å². The van der Waals surface area contributed by atoms with Crippen LogP contribution in [0.3, 0.4) is 0 Å². The van der Waals surface area contributed by atoms with Crippen LogP contribution in [0.2, 0.25) is 0 Å². The van der Waals surface area contributed by atoms with E-state index in [2.05, 4.69) is 39.0 Å². The predicted molar refractivity (Wildman–Crippen MR) is 53.6 cm³/mol. The first-order valence-electron chi connectivity index (χ1n) is 4.83. The number of aryl methyl sites for hydroxylation is 2. The number of rotatable bonds is 1. The molecule has 1 aliphatic carbocycles. The van der Waals surface area contributed by atoms with Gasteiger partial charge in [-0.15, -0.1) is 0 Å². The highest BCUT2D eigenvalue weighted by Gasteiger charge is 2.50. The van der Waals surface area contributed by atoms with E-state index in [9.17, 15) is 5.11 Å². The topological polar surface area (TPSA) is 20.2 Å². The number of benzene rings is 1. The molecule has 1 N–H and O–H groups in total. The Morgan fingerprint density at radius 1 is 1.23 bits per heavy atom. The summed E-state index contributed by atoms with van der Waals surface area (Å²) < 4.78 is 0. The quantitative estimate of drug-likeness (QED) is 0.697. The summed E-state index contributed by atoms with van der Waals surface area (Å²) >= 11 is 0. The zero-order valence-electron chi connectivity index (χ0n) is 8.46. The Hall–Kier alpha value is -0.820. The van der Waals surface area contributed by atoms with Gasteiger partial charge in [0.2, 0.25) is 0 Å². The van der Waals surface area contributed by atoms with Crippen LogP contribution in [0.15, 0.2) is 18.2 Å². The molecule has 0 amide bonds. The van der Waals surface area contributed by atoms with Crippen molar-refractivity contribution in [3.8, 4) is 0 Å². The largest absolute Gasteiger partial charge is 0.385 e. The zero-order valence-corrected chi connectivity index (χ0v) is 8.46. The van der Waals surface area contributed by atoms with Crippen LogP contribution in [0.4, 0.5) is 0 Å². The number of hydrogen-bond donors (Lipinski definition) is 1. The molecular weight excluding hydrogens is 160 g/mol. The van der Waals surface area contributed by atoms with Gasteiger partial charge in [-0.3, -0.25) is 0 Å². The van der Waals surface area contributed by atoms with E-state index in [0.29, 0.717) is 5.92 Å². The standard InChI is InChI=1S/C12H16O/c1-8-4-9(2)6-11(5-8)12(13)7-10(12)3/h4-6,10,13H,7H2,1-3H3. The molecule has 13 heavy (non-hydrogen) atoms. The van der Waals surface area contributed by atoms with Gasteiger partial charge in [0.25, 0.3) is 0 Å². The second kappa shape index (κ2) is 2.58. The molecule has 1 aromatic rings. The summed E-state index contributed by atoms with van der Waals surface area (Å²) in [5.41, 5.74) is 3.05. The van der Waals surface area contributed by atoms with Gasteiger partial charge in [0.1, 0.15) is 0 Å². The summed E-state index contributed by atoms with van der Waals surface area (Å²) in [5, 5.41) is 10.1. The Balaban J connectivity index is 2.42. The van der Waals surface area contributed by atoms with E-state index < -0.39 is 5.60 Å². The summed E-state index contributed by atoms with van der Waals surface area (Å²) in [7, 11) is 0. The molecule has 0 saturated heterocycles. The minimum Gasteiger partial charge on any atom is -0.385 e. The smallest absolute Gasteiger partial charge is 0.0927 e. The van der Waals surface area contributed by atoms with Crippen molar-refractivity contribution in [2.75, 3.05) is 0 Å². The van der Waals surface area contributed by atoms with Gasteiger partial charge >= 0.3 is 0 Å². The van der Waals surface area contributed by atoms with Gasteiger partial charge in [-0.1, -0.05) is 36.2 Å². The lowest BCUT2D eigenvalue weighted by Gasteiger charge is -2.11. The highest BCUT2D eigenvalue weighted by molar-refractivity contribution is 5.36. The Morgan fingerprint density at radius 3 is 2.08 bits per heavy atom. The molecule has 0 aromatic heterocycles. The number of aliphatic hydroxyl groups is 1. The van der Waals surface area contributed by atoms with Crippen molar-refractivity contribution in [1.82, 2.24) is 0 Å². The monoisotopic (exact) mass is 176 g/mol. The van der Waals surface area contributed by atoms with Crippen LogP contribution < -0.4 is 0 Å². The van der Waals surface area contributed by atoms with E-state index >= 15 is 0 Å². The van der Waals surface area contributed by atoms with Crippen LogP contribution in [-0.4, -0.2) is 5.11 Å². The van der Waals surface area contributed by atoms with Crippen LogP contribution in [0.25, 0.3) is 0 Å². The minimum atomic E-state index is -0.517. The molecule has 0 spiro atoms. The summed E-state index contributed by atoms with van der Waals surface area (Å²) in [6.07, 6.45) is 0.913. The van der Waals surface area contributed by atoms with Crippen LogP contribution in [-0.2, 0) is 5.60 Å². The van der Waals surface area contributed by atoms with Gasteiger partial charge in [-0.05, 0) is 31.7 Å². The van der Waals surface area contributed by atoms with Gasteiger partial charge < -0.3 is 5.11 Å². The lowest BCUT2D eigenvalue weighted by molar-refractivity contribution is 0.134. The van der Waals surface area contributed by atoms with Crippen molar-refractivity contribution in [1.29, 1.82) is 0 Å². The molecule has 1 fully saturated rings. The third-order valence-corrected chi connectivity index (χ3v) is 2.99. The first-order valence-corrected chi connectivity index (χ1v) is 4.83. The Morgan fingerprint density at radius 2 is 1.69 bits per heavy atom. The molecular formula is C12H16O. The molecule has 0 aliphatic heterocycles. The summed E-state index contributed by atoms with van der Waals surface area (Å²) in [5.74, 6) is 0.425. The minimum absolute atomic E-state index is 0.425. The first-order chi connectivity index (χ1) is 6.02. The third-order valence-electron chi connectivity index (χ3n) is 2.99. The molecule has 2 rings (SSSR count). The first kappa shape index (κ1) is 8.76. The fourth-order valence-corrected chi connectivity index (χ4v) is 2.03. The van der Waals surface area contributed by atoms with E-state index in [0.717, 1.165) is 12.0 Å². The molecule has 1 aromatic carbocycles. The lowest BCUT2D eigenvalue weighted by Crippen LogP contribution is -2.07. The van der Waals surface area contributed by atoms with Gasteiger partial charge in [0, 0.05) is 0 Å². The Kier molecular flexibility index (Phi) is 1.74. The van der Waals surface area contributed by atoms with E-state index in [1.807, 2.05) is 0 Å². The zero-order chi connectivity index (χ0) is 9.64. The molecule has 1 nitrogen and oxygen atoms in total. The summed E-state index contributed by atoms with van der Waals surface area (Å²) in [6.45, 7) is 6.25. The highest BCUT2D eigenvalue weighted by Crippen LogP contribution is 2.51. The molecule has 0 radical (unpaired) electrons. The van der Waals surface area contributed by atoms with E-state index in [-0.39, 0.29) is 0 Å². The van der Waals surface area contributed by atoms with Crippen LogP contribution in [0.5, 0.6) is 0 Å². The average molecular weight is 176 g/mol. The Bertz CT molecular complexity index is 323. The van der Waals surface area contributed by atoms with Crippen molar-refractivity contribution in [3.63, 3.8) is 0 Å². The normalized spacial score (nSPS) is 31.8. The average Bonchev–Trinajstić information content (AvgIpc) is 2.59. The van der Waals surface area contributed by atoms with Crippen LogP contribution in [0.1, 0.15) is 30.0 Å². The molecule has 1 saturated carbocycles. The van der Waals surface area contributed by atoms with Crippen molar-refractivity contribution in [2.24, 2.45) is 5.92 Å². The van der Waals surface area contributed by atoms with Crippen LogP contribution >= 0.6 is 0 Å². The van der Waals surface area contributed by atoms with E-state index in [4.69, 9.17) is 0 Å². The fourth-order valence-electron chi connectivity index (χ4n) is 2.03. The molecule has 2 unspecified atom stereocenters. The third kappa shape index (κ3) is 1.37. The SMILES string of the molecule is Cc1cc(C)cc(C2(O)CC2C)c1. The van der Waals surface area contributed by atoms with Gasteiger partial charge in [0.05, 0.1) is 5.60 Å². The molecule has 70 valence electrons. The number of hydrogen-bond acceptors (Lipinski definition) is 1. The second-order valence-corrected chi connectivity index (χ2v) is 4.41. The van der Waals surface area contributed by atoms with Crippen molar-refractivity contribution in [3.05, 3.63) is 34.9 Å². The van der Waals surface area contributed by atoms with Crippen LogP contribution in [0, 0.1) is 19.8 Å². The second-order valence-electron chi connectivity index (χ2n) is 4.41. The molecule has 0 heterocycles. The molecule has 1 heteroatoms. The Labute approximate surface area is 79.4 Å². The van der Waals surface area contributed by atoms with Crippen molar-refractivity contribution >= 4 is 0 Å². The highest BCUT2D eigenvalue weighted by atomic mass is 16.3. The van der Waals surface area contributed by atoms with Crippen molar-refractivity contribution in [2.45, 2.75) is 32.8 Å². The van der Waals surface area contributed by atoms with Crippen molar-refractivity contribution < 1.29 is 5.11 Å². The maximum absolute atomic E-state index is 10.1. The van der Waals surface area contributed by atoms with E-state index in [1.54, 1.807) is 0 Å². The summed E-state index contributed by atoms with van der Waals surface area (Å²) in [6, 6.07) is 6.33. The van der Waals surface area contributed by atoms with Gasteiger partial charge in [0.15, 0.2) is 0 Å². The molecule has 1 aliphatic rings. The summed E-state index contributed by atoms with van der Waals surface area (Å²) in [4.78, 5) is 0. The lowest BCUT2D eigenvalue weighted by atomic mass is 10.0. The molecule has 0 bridgehead atoms. The van der Waals surface area contributed by atoms with Gasteiger partial charge in [-0.25, -0.2) is 0 Å². The molecule has 2 atom stereocenters. The fraction of sp³-hybridized carbons (Fsp3) is 0.500.